The molecule has 1 rings (SSSR count). The predicted octanol–water partition coefficient (Wildman–Crippen LogP) is 3.95. The Balaban J connectivity index is 3.06. The van der Waals surface area contributed by atoms with Crippen LogP contribution in [0.25, 0.3) is 0 Å². The summed E-state index contributed by atoms with van der Waals surface area (Å²) in [5, 5.41) is 0. The maximum atomic E-state index is 4.11. The lowest BCUT2D eigenvalue weighted by atomic mass is 9.46. The first-order valence-electron chi connectivity index (χ1n) is 4.66. The minimum atomic E-state index is 0.229. The first-order chi connectivity index (χ1) is 5.34. The largest absolute Gasteiger partial charge is 0.0992 e. The van der Waals surface area contributed by atoms with Gasteiger partial charge in [-0.05, 0) is 32.1 Å². The molecule has 0 spiro atoms. The highest BCUT2D eigenvalue weighted by atomic mass is 14.6. The van der Waals surface area contributed by atoms with Crippen molar-refractivity contribution in [2.75, 3.05) is 0 Å². The fourth-order valence-electron chi connectivity index (χ4n) is 2.82. The van der Waals surface area contributed by atoms with Crippen LogP contribution in [0.1, 0.15) is 40.5 Å². The van der Waals surface area contributed by atoms with E-state index in [0.717, 1.165) is 0 Å². The molecule has 0 heterocycles. The number of hydrogen-bond acceptors (Lipinski definition) is 0. The number of rotatable bonds is 2. The molecule has 0 atom stereocenters. The van der Waals surface area contributed by atoms with Crippen molar-refractivity contribution in [2.45, 2.75) is 40.5 Å². The van der Waals surface area contributed by atoms with E-state index in [1.807, 2.05) is 0 Å². The van der Waals surface area contributed by atoms with Gasteiger partial charge in [-0.15, -0.1) is 0 Å². The van der Waals surface area contributed by atoms with Gasteiger partial charge < -0.3 is 0 Å². The van der Waals surface area contributed by atoms with Gasteiger partial charge in [0.2, 0.25) is 0 Å². The molecule has 0 unspecified atom stereocenters. The molecule has 0 saturated heterocycles. The molecule has 0 amide bonds. The summed E-state index contributed by atoms with van der Waals surface area (Å²) >= 11 is 0. The molecule has 0 aliphatic heterocycles. The Morgan fingerprint density at radius 2 is 1.42 bits per heavy atom. The molecule has 12 heavy (non-hydrogen) atoms. The summed E-state index contributed by atoms with van der Waals surface area (Å²) in [6.07, 6.45) is 2.54. The Hall–Kier alpha value is -0.520. The summed E-state index contributed by atoms with van der Waals surface area (Å²) in [5.74, 6) is 0. The van der Waals surface area contributed by atoms with Crippen molar-refractivity contribution in [3.05, 3.63) is 24.3 Å². The maximum Gasteiger partial charge on any atom is 0.0161 e. The molecular formula is C12H20. The van der Waals surface area contributed by atoms with Gasteiger partial charge >= 0.3 is 0 Å². The number of allylic oxidation sites excluding steroid dienone is 2. The molecule has 1 aliphatic rings. The maximum absolute atomic E-state index is 4.11. The second kappa shape index (κ2) is 2.48. The summed E-state index contributed by atoms with van der Waals surface area (Å²) in [7, 11) is 0. The number of hydrogen-bond donors (Lipinski definition) is 0. The first kappa shape index (κ1) is 9.57. The van der Waals surface area contributed by atoms with Crippen molar-refractivity contribution in [1.82, 2.24) is 0 Å². The highest BCUT2D eigenvalue weighted by molar-refractivity contribution is 5.32. The van der Waals surface area contributed by atoms with Crippen molar-refractivity contribution in [2.24, 2.45) is 10.8 Å². The van der Waals surface area contributed by atoms with E-state index in [1.165, 1.54) is 24.0 Å². The molecule has 0 aromatic heterocycles. The van der Waals surface area contributed by atoms with Crippen molar-refractivity contribution in [3.8, 4) is 0 Å². The zero-order chi connectivity index (χ0) is 9.57. The molecular weight excluding hydrogens is 144 g/mol. The standard InChI is InChI=1S/C12H20/c1-9(2)12(10(3)4)8-7-11(12,5)6/h1,3,7-8H2,2,4-6H3. The Kier molecular flexibility index (Phi) is 1.98. The van der Waals surface area contributed by atoms with E-state index in [2.05, 4.69) is 40.9 Å². The zero-order valence-corrected chi connectivity index (χ0v) is 8.83. The van der Waals surface area contributed by atoms with Crippen LogP contribution in [0.4, 0.5) is 0 Å². The summed E-state index contributed by atoms with van der Waals surface area (Å²) in [5.41, 5.74) is 3.18. The zero-order valence-electron chi connectivity index (χ0n) is 8.83. The minimum Gasteiger partial charge on any atom is -0.0992 e. The van der Waals surface area contributed by atoms with Gasteiger partial charge in [-0.3, -0.25) is 0 Å². The van der Waals surface area contributed by atoms with Crippen LogP contribution in [-0.2, 0) is 0 Å². The SMILES string of the molecule is C=C(C)C1(C(=C)C)CCC1(C)C. The molecule has 1 saturated carbocycles. The van der Waals surface area contributed by atoms with Crippen LogP contribution in [0.2, 0.25) is 0 Å². The highest BCUT2D eigenvalue weighted by Crippen LogP contribution is 2.63. The van der Waals surface area contributed by atoms with Crippen molar-refractivity contribution in [3.63, 3.8) is 0 Å². The molecule has 1 aliphatic carbocycles. The van der Waals surface area contributed by atoms with E-state index < -0.39 is 0 Å². The first-order valence-corrected chi connectivity index (χ1v) is 4.66. The van der Waals surface area contributed by atoms with Crippen molar-refractivity contribution in [1.29, 1.82) is 0 Å². The van der Waals surface area contributed by atoms with Gasteiger partial charge in [0.25, 0.3) is 0 Å². The molecule has 1 fully saturated rings. The lowest BCUT2D eigenvalue weighted by Gasteiger charge is -2.58. The van der Waals surface area contributed by atoms with Crippen LogP contribution in [0, 0.1) is 10.8 Å². The molecule has 0 radical (unpaired) electrons. The lowest BCUT2D eigenvalue weighted by Crippen LogP contribution is -2.48. The Morgan fingerprint density at radius 1 is 1.00 bits per heavy atom. The fraction of sp³-hybridized carbons (Fsp3) is 0.667. The average molecular weight is 164 g/mol. The Bertz CT molecular complexity index is 216. The van der Waals surface area contributed by atoms with Crippen LogP contribution in [0.3, 0.4) is 0 Å². The van der Waals surface area contributed by atoms with E-state index in [9.17, 15) is 0 Å². The van der Waals surface area contributed by atoms with Gasteiger partial charge in [0, 0.05) is 5.41 Å². The summed E-state index contributed by atoms with van der Waals surface area (Å²) in [6, 6.07) is 0. The molecule has 0 aromatic carbocycles. The summed E-state index contributed by atoms with van der Waals surface area (Å²) in [6.45, 7) is 17.1. The second-order valence-electron chi connectivity index (χ2n) is 4.85. The second-order valence-corrected chi connectivity index (χ2v) is 4.85. The Morgan fingerprint density at radius 3 is 1.42 bits per heavy atom. The smallest absolute Gasteiger partial charge is 0.0161 e. The van der Waals surface area contributed by atoms with E-state index >= 15 is 0 Å². The molecule has 0 bridgehead atoms. The summed E-state index contributed by atoms with van der Waals surface area (Å²) in [4.78, 5) is 0. The third kappa shape index (κ3) is 0.903. The fourth-order valence-corrected chi connectivity index (χ4v) is 2.82. The van der Waals surface area contributed by atoms with Crippen molar-refractivity contribution < 1.29 is 0 Å². The third-order valence-electron chi connectivity index (χ3n) is 3.74. The predicted molar refractivity (Wildman–Crippen MR) is 55.1 cm³/mol. The van der Waals surface area contributed by atoms with Gasteiger partial charge in [0.1, 0.15) is 0 Å². The lowest BCUT2D eigenvalue weighted by molar-refractivity contribution is 0.0187. The quantitative estimate of drug-likeness (QED) is 0.542. The molecule has 0 heteroatoms. The van der Waals surface area contributed by atoms with Crippen molar-refractivity contribution >= 4 is 0 Å². The van der Waals surface area contributed by atoms with Crippen LogP contribution >= 0.6 is 0 Å². The van der Waals surface area contributed by atoms with E-state index in [-0.39, 0.29) is 5.41 Å². The molecule has 0 aromatic rings. The average Bonchev–Trinajstić information content (AvgIpc) is 1.84. The summed E-state index contributed by atoms with van der Waals surface area (Å²) < 4.78 is 0. The third-order valence-corrected chi connectivity index (χ3v) is 3.74. The van der Waals surface area contributed by atoms with Crippen LogP contribution in [-0.4, -0.2) is 0 Å². The van der Waals surface area contributed by atoms with Crippen LogP contribution in [0.5, 0.6) is 0 Å². The van der Waals surface area contributed by atoms with E-state index in [4.69, 9.17) is 0 Å². The van der Waals surface area contributed by atoms with Crippen LogP contribution in [0.15, 0.2) is 24.3 Å². The van der Waals surface area contributed by atoms with Gasteiger partial charge in [-0.2, -0.15) is 0 Å². The highest BCUT2D eigenvalue weighted by Gasteiger charge is 2.53. The van der Waals surface area contributed by atoms with E-state index in [1.54, 1.807) is 0 Å². The van der Waals surface area contributed by atoms with Crippen LogP contribution < -0.4 is 0 Å². The molecule has 0 nitrogen and oxygen atoms in total. The van der Waals surface area contributed by atoms with Gasteiger partial charge in [-0.1, -0.05) is 38.2 Å². The van der Waals surface area contributed by atoms with Gasteiger partial charge in [-0.25, -0.2) is 0 Å². The monoisotopic (exact) mass is 164 g/mol. The Labute approximate surface area is 76.4 Å². The topological polar surface area (TPSA) is 0 Å². The normalized spacial score (nSPS) is 24.3. The van der Waals surface area contributed by atoms with Gasteiger partial charge in [0.05, 0.1) is 0 Å². The molecule has 0 N–H and O–H groups in total. The molecule has 68 valence electrons. The minimum absolute atomic E-state index is 0.229. The van der Waals surface area contributed by atoms with Gasteiger partial charge in [0.15, 0.2) is 0 Å². The van der Waals surface area contributed by atoms with E-state index in [0.29, 0.717) is 5.41 Å².